The number of likely N-dealkylation sites (tertiary alicyclic amines) is 1. The maximum atomic E-state index is 13.1. The lowest BCUT2D eigenvalue weighted by molar-refractivity contribution is 0.0221. The summed E-state index contributed by atoms with van der Waals surface area (Å²) in [5, 5.41) is 20.3. The Hall–Kier alpha value is -3.90. The topological polar surface area (TPSA) is 118 Å². The van der Waals surface area contributed by atoms with Crippen LogP contribution >= 0.6 is 0 Å². The lowest BCUT2D eigenvalue weighted by Gasteiger charge is -2.31. The van der Waals surface area contributed by atoms with Crippen LogP contribution in [-0.2, 0) is 27.9 Å². The highest BCUT2D eigenvalue weighted by Crippen LogP contribution is 2.50. The van der Waals surface area contributed by atoms with E-state index in [0.717, 1.165) is 51.6 Å². The van der Waals surface area contributed by atoms with Crippen LogP contribution in [-0.4, -0.2) is 50.5 Å². The third-order valence-electron chi connectivity index (χ3n) is 8.04. The van der Waals surface area contributed by atoms with Gasteiger partial charge in [-0.1, -0.05) is 6.07 Å². The number of carbonyl (C=O) groups is 2. The first-order valence-electron chi connectivity index (χ1n) is 13.5. The van der Waals surface area contributed by atoms with Crippen LogP contribution < -0.4 is 0 Å². The molecule has 39 heavy (non-hydrogen) atoms. The van der Waals surface area contributed by atoms with Gasteiger partial charge in [-0.2, -0.15) is 5.26 Å². The first-order chi connectivity index (χ1) is 18.6. The summed E-state index contributed by atoms with van der Waals surface area (Å²) in [6.45, 7) is 7.38. The fourth-order valence-corrected chi connectivity index (χ4v) is 5.96. The standard InChI is InChI=1S/C30H32N4O5/c1-29(2,3)39-28(37)33-9-4-5-25(33)21-12-19(11-18-6-10-38-16-23(18)21)20-13-22-24(30(17-31)7-8-30)15-34(27(35)36)26(22)32-14-20/h11-15,25H,4-10,16H2,1-3H3,(H,35,36). The zero-order valence-electron chi connectivity index (χ0n) is 22.5. The predicted molar refractivity (Wildman–Crippen MR) is 143 cm³/mol. The number of pyridine rings is 1. The molecule has 1 unspecified atom stereocenters. The number of carbonyl (C=O) groups excluding carboxylic acids is 1. The summed E-state index contributed by atoms with van der Waals surface area (Å²) in [7, 11) is 0. The summed E-state index contributed by atoms with van der Waals surface area (Å²) >= 11 is 0. The fraction of sp³-hybridized carbons (Fsp3) is 0.467. The van der Waals surface area contributed by atoms with E-state index < -0.39 is 17.1 Å². The number of benzene rings is 1. The minimum Gasteiger partial charge on any atom is -0.464 e. The number of hydrogen-bond acceptors (Lipinski definition) is 6. The first-order valence-corrected chi connectivity index (χ1v) is 13.5. The Balaban J connectivity index is 1.47. The van der Waals surface area contributed by atoms with E-state index in [1.807, 2.05) is 31.7 Å². The second kappa shape index (κ2) is 9.09. The highest BCUT2D eigenvalue weighted by molar-refractivity contribution is 5.93. The van der Waals surface area contributed by atoms with Gasteiger partial charge in [0.25, 0.3) is 0 Å². The second-order valence-corrected chi connectivity index (χ2v) is 11.8. The number of nitriles is 1. The van der Waals surface area contributed by atoms with Crippen molar-refractivity contribution in [3.05, 3.63) is 52.8 Å². The molecule has 9 nitrogen and oxygen atoms in total. The van der Waals surface area contributed by atoms with Crippen LogP contribution in [0.4, 0.5) is 9.59 Å². The van der Waals surface area contributed by atoms with Crippen molar-refractivity contribution in [3.8, 4) is 17.2 Å². The fourth-order valence-electron chi connectivity index (χ4n) is 5.96. The molecule has 1 saturated carbocycles. The van der Waals surface area contributed by atoms with Gasteiger partial charge in [-0.3, -0.25) is 0 Å². The maximum Gasteiger partial charge on any atom is 0.417 e. The average molecular weight is 529 g/mol. The number of nitrogens with zero attached hydrogens (tertiary/aromatic N) is 4. The Morgan fingerprint density at radius 3 is 2.72 bits per heavy atom. The van der Waals surface area contributed by atoms with Crippen LogP contribution in [0.1, 0.15) is 74.8 Å². The first kappa shape index (κ1) is 25.4. The molecular weight excluding hydrogens is 496 g/mol. The van der Waals surface area contributed by atoms with Crippen molar-refractivity contribution in [2.24, 2.45) is 0 Å². The van der Waals surface area contributed by atoms with E-state index in [2.05, 4.69) is 23.2 Å². The Bertz CT molecular complexity index is 1540. The molecule has 9 heteroatoms. The zero-order chi connectivity index (χ0) is 27.5. The smallest absolute Gasteiger partial charge is 0.417 e. The molecule has 1 N–H and O–H groups in total. The van der Waals surface area contributed by atoms with Gasteiger partial charge >= 0.3 is 12.2 Å². The molecule has 202 valence electrons. The summed E-state index contributed by atoms with van der Waals surface area (Å²) in [5.41, 5.74) is 4.98. The molecule has 0 bridgehead atoms. The van der Waals surface area contributed by atoms with Gasteiger partial charge in [-0.15, -0.1) is 0 Å². The van der Waals surface area contributed by atoms with Crippen LogP contribution in [0.25, 0.3) is 22.2 Å². The maximum absolute atomic E-state index is 13.1. The third kappa shape index (κ3) is 4.43. The number of fused-ring (bicyclic) bond motifs is 2. The van der Waals surface area contributed by atoms with Crippen LogP contribution in [0.5, 0.6) is 0 Å². The van der Waals surface area contributed by atoms with Crippen molar-refractivity contribution in [2.75, 3.05) is 13.2 Å². The third-order valence-corrected chi connectivity index (χ3v) is 8.04. The Morgan fingerprint density at radius 2 is 2.03 bits per heavy atom. The van der Waals surface area contributed by atoms with Crippen LogP contribution in [0.2, 0.25) is 0 Å². The van der Waals surface area contributed by atoms with E-state index >= 15 is 0 Å². The van der Waals surface area contributed by atoms with Crippen molar-refractivity contribution in [1.82, 2.24) is 14.5 Å². The molecular formula is C30H32N4O5. The van der Waals surface area contributed by atoms with E-state index in [-0.39, 0.29) is 12.1 Å². The molecule has 1 saturated heterocycles. The second-order valence-electron chi connectivity index (χ2n) is 11.8. The molecule has 2 aliphatic heterocycles. The van der Waals surface area contributed by atoms with E-state index in [4.69, 9.17) is 9.47 Å². The summed E-state index contributed by atoms with van der Waals surface area (Å²) in [6.07, 6.45) is 5.71. The molecule has 3 aliphatic rings. The predicted octanol–water partition coefficient (Wildman–Crippen LogP) is 5.93. The number of amides is 1. The summed E-state index contributed by atoms with van der Waals surface area (Å²) in [5.74, 6) is 0. The van der Waals surface area contributed by atoms with E-state index in [1.165, 1.54) is 5.56 Å². The lowest BCUT2D eigenvalue weighted by atomic mass is 9.88. The van der Waals surface area contributed by atoms with Gasteiger partial charge in [-0.25, -0.2) is 19.1 Å². The van der Waals surface area contributed by atoms with Gasteiger partial charge in [0.2, 0.25) is 0 Å². The minimum atomic E-state index is -1.13. The highest BCUT2D eigenvalue weighted by atomic mass is 16.6. The number of carboxylic acid groups (broad SMARTS) is 1. The Morgan fingerprint density at radius 1 is 1.23 bits per heavy atom. The van der Waals surface area contributed by atoms with Gasteiger partial charge in [-0.05, 0) is 87.3 Å². The molecule has 1 amide bonds. The summed E-state index contributed by atoms with van der Waals surface area (Å²) in [6, 6.07) is 8.50. The average Bonchev–Trinajstić information content (AvgIpc) is 3.36. The van der Waals surface area contributed by atoms with Crippen LogP contribution in [0, 0.1) is 11.3 Å². The molecule has 2 aromatic heterocycles. The molecule has 1 aliphatic carbocycles. The zero-order valence-corrected chi connectivity index (χ0v) is 22.5. The molecule has 1 aromatic carbocycles. The number of rotatable bonds is 3. The van der Waals surface area contributed by atoms with Gasteiger partial charge < -0.3 is 19.5 Å². The van der Waals surface area contributed by atoms with Gasteiger partial charge in [0.1, 0.15) is 11.2 Å². The summed E-state index contributed by atoms with van der Waals surface area (Å²) in [4.78, 5) is 31.4. The number of hydrogen-bond donors (Lipinski definition) is 1. The number of aromatic nitrogens is 2. The molecule has 4 heterocycles. The Kier molecular flexibility index (Phi) is 5.92. The van der Waals surface area contributed by atoms with Gasteiger partial charge in [0, 0.05) is 35.5 Å². The monoisotopic (exact) mass is 528 g/mol. The van der Waals surface area contributed by atoms with Crippen molar-refractivity contribution >= 4 is 23.2 Å². The van der Waals surface area contributed by atoms with Crippen LogP contribution in [0.3, 0.4) is 0 Å². The van der Waals surface area contributed by atoms with E-state index in [9.17, 15) is 20.0 Å². The Labute approximate surface area is 226 Å². The normalized spacial score (nSPS) is 19.9. The molecule has 3 aromatic rings. The largest absolute Gasteiger partial charge is 0.464 e. The number of ether oxygens (including phenoxy) is 2. The van der Waals surface area contributed by atoms with E-state index in [0.29, 0.717) is 43.6 Å². The van der Waals surface area contributed by atoms with E-state index in [1.54, 1.807) is 12.4 Å². The SMILES string of the molecule is CC(C)(C)OC(=O)N1CCCC1c1cc(-c2cnc3c(c2)c(C2(C#N)CC2)cn3C(=O)O)cc2c1COCC2. The minimum absolute atomic E-state index is 0.121. The van der Waals surface area contributed by atoms with Crippen molar-refractivity contribution in [1.29, 1.82) is 5.26 Å². The van der Waals surface area contributed by atoms with Crippen molar-refractivity contribution < 1.29 is 24.2 Å². The van der Waals surface area contributed by atoms with Crippen LogP contribution in [0.15, 0.2) is 30.6 Å². The van der Waals surface area contributed by atoms with Gasteiger partial charge in [0.15, 0.2) is 0 Å². The molecule has 1 atom stereocenters. The quantitative estimate of drug-likeness (QED) is 0.448. The summed E-state index contributed by atoms with van der Waals surface area (Å²) < 4.78 is 12.7. The molecule has 6 rings (SSSR count). The lowest BCUT2D eigenvalue weighted by Crippen LogP contribution is -2.36. The van der Waals surface area contributed by atoms with Gasteiger partial charge in [0.05, 0.1) is 30.7 Å². The molecule has 2 fully saturated rings. The molecule has 0 radical (unpaired) electrons. The van der Waals surface area contributed by atoms with Crippen molar-refractivity contribution in [3.63, 3.8) is 0 Å². The molecule has 0 spiro atoms. The van der Waals surface area contributed by atoms with Crippen molar-refractivity contribution in [2.45, 2.75) is 76.5 Å². The highest BCUT2D eigenvalue weighted by Gasteiger charge is 2.47.